The van der Waals surface area contributed by atoms with Crippen molar-refractivity contribution in [3.63, 3.8) is 0 Å². The number of halogens is 2. The van der Waals surface area contributed by atoms with E-state index in [1.807, 2.05) is 4.90 Å². The average molecular weight is 365 g/mol. The van der Waals surface area contributed by atoms with Crippen LogP contribution in [0.25, 0.3) is 0 Å². The molecule has 0 spiro atoms. The number of carbonyl (C=O) groups is 2. The molecule has 2 aliphatic heterocycles. The van der Waals surface area contributed by atoms with Gasteiger partial charge in [0.1, 0.15) is 5.69 Å². The number of hydrogen-bond donors (Lipinski definition) is 3. The van der Waals surface area contributed by atoms with Gasteiger partial charge in [0.25, 0.3) is 5.91 Å². The minimum atomic E-state index is -0.120. The van der Waals surface area contributed by atoms with Crippen LogP contribution in [0.15, 0.2) is 6.20 Å². The zero-order chi connectivity index (χ0) is 14.8. The summed E-state index contributed by atoms with van der Waals surface area (Å²) in [6.07, 6.45) is 3.40. The Bertz CT molecular complexity index is 538. The SMILES string of the molecule is Cl.Cl.Nc1ncc(C(=O)N2CCN(C(=O)[C@@H]3CCCN3)CC2)[nH]1. The predicted octanol–water partition coefficient (Wildman–Crippen LogP) is -0.128. The summed E-state index contributed by atoms with van der Waals surface area (Å²) in [6.45, 7) is 3.14. The van der Waals surface area contributed by atoms with Crippen LogP contribution in [0.1, 0.15) is 23.3 Å². The highest BCUT2D eigenvalue weighted by Crippen LogP contribution is 2.12. The lowest BCUT2D eigenvalue weighted by molar-refractivity contribution is -0.134. The summed E-state index contributed by atoms with van der Waals surface area (Å²) in [5, 5.41) is 3.22. The molecule has 0 unspecified atom stereocenters. The Labute approximate surface area is 147 Å². The van der Waals surface area contributed by atoms with E-state index in [4.69, 9.17) is 5.73 Å². The van der Waals surface area contributed by atoms with Gasteiger partial charge in [-0.3, -0.25) is 9.59 Å². The highest BCUT2D eigenvalue weighted by molar-refractivity contribution is 5.92. The van der Waals surface area contributed by atoms with Crippen molar-refractivity contribution in [1.82, 2.24) is 25.1 Å². The third kappa shape index (κ3) is 4.27. The quantitative estimate of drug-likeness (QED) is 0.677. The van der Waals surface area contributed by atoms with Crippen molar-refractivity contribution in [3.05, 3.63) is 11.9 Å². The van der Waals surface area contributed by atoms with Gasteiger partial charge in [-0.1, -0.05) is 0 Å². The summed E-state index contributed by atoms with van der Waals surface area (Å²) in [4.78, 5) is 34.6. The highest BCUT2D eigenvalue weighted by Gasteiger charge is 2.30. The summed E-state index contributed by atoms with van der Waals surface area (Å²) in [5.74, 6) is 0.273. The van der Waals surface area contributed by atoms with Crippen LogP contribution in [0.2, 0.25) is 0 Å². The molecule has 2 fully saturated rings. The number of aromatic amines is 1. The Morgan fingerprint density at radius 3 is 2.35 bits per heavy atom. The Morgan fingerprint density at radius 1 is 1.17 bits per heavy atom. The van der Waals surface area contributed by atoms with Gasteiger partial charge in [-0.15, -0.1) is 24.8 Å². The van der Waals surface area contributed by atoms with E-state index in [2.05, 4.69) is 15.3 Å². The first kappa shape index (κ1) is 19.5. The molecule has 0 bridgehead atoms. The molecular weight excluding hydrogens is 343 g/mol. The van der Waals surface area contributed by atoms with Crippen molar-refractivity contribution in [2.45, 2.75) is 18.9 Å². The molecule has 1 atom stereocenters. The van der Waals surface area contributed by atoms with E-state index < -0.39 is 0 Å². The van der Waals surface area contributed by atoms with Crippen molar-refractivity contribution in [1.29, 1.82) is 0 Å². The third-order valence-electron chi connectivity index (χ3n) is 4.06. The zero-order valence-corrected chi connectivity index (χ0v) is 14.3. The van der Waals surface area contributed by atoms with Crippen LogP contribution < -0.4 is 11.1 Å². The van der Waals surface area contributed by atoms with E-state index in [0.29, 0.717) is 31.9 Å². The standard InChI is InChI=1S/C13H20N6O2.2ClH/c14-13-16-8-10(17-13)12(21)19-6-4-18(5-7-19)11(20)9-2-1-3-15-9;;/h8-9,15H,1-7H2,(H3,14,16,17);2*1H/t9-;;/m0../s1. The number of rotatable bonds is 2. The fourth-order valence-electron chi connectivity index (χ4n) is 2.86. The van der Waals surface area contributed by atoms with Gasteiger partial charge in [0.15, 0.2) is 5.95 Å². The summed E-state index contributed by atoms with van der Waals surface area (Å²) in [6, 6.07) is -0.0420. The second kappa shape index (κ2) is 8.37. The monoisotopic (exact) mass is 364 g/mol. The minimum Gasteiger partial charge on any atom is -0.369 e. The Kier molecular flexibility index (Phi) is 7.11. The van der Waals surface area contributed by atoms with Gasteiger partial charge in [-0.25, -0.2) is 4.98 Å². The summed E-state index contributed by atoms with van der Waals surface area (Å²) >= 11 is 0. The second-order valence-electron chi connectivity index (χ2n) is 5.45. The fraction of sp³-hybridized carbons (Fsp3) is 0.615. The van der Waals surface area contributed by atoms with E-state index >= 15 is 0 Å². The molecule has 130 valence electrons. The number of aromatic nitrogens is 2. The number of hydrogen-bond acceptors (Lipinski definition) is 5. The van der Waals surface area contributed by atoms with E-state index in [9.17, 15) is 9.59 Å². The van der Waals surface area contributed by atoms with Crippen LogP contribution >= 0.6 is 24.8 Å². The number of anilines is 1. The van der Waals surface area contributed by atoms with Crippen molar-refractivity contribution in [2.24, 2.45) is 0 Å². The number of nitrogen functional groups attached to an aromatic ring is 1. The van der Waals surface area contributed by atoms with Crippen LogP contribution in [0, 0.1) is 0 Å². The molecule has 8 nitrogen and oxygen atoms in total. The molecule has 0 saturated carbocycles. The van der Waals surface area contributed by atoms with Crippen molar-refractivity contribution >= 4 is 42.6 Å². The molecule has 0 aromatic carbocycles. The number of piperazine rings is 1. The molecule has 23 heavy (non-hydrogen) atoms. The number of amides is 2. The zero-order valence-electron chi connectivity index (χ0n) is 12.7. The lowest BCUT2D eigenvalue weighted by Crippen LogP contribution is -2.54. The van der Waals surface area contributed by atoms with E-state index in [1.165, 1.54) is 6.20 Å². The number of carbonyl (C=O) groups excluding carboxylic acids is 2. The summed E-state index contributed by atoms with van der Waals surface area (Å²) in [5.41, 5.74) is 5.87. The molecule has 10 heteroatoms. The van der Waals surface area contributed by atoms with Crippen LogP contribution in [0.3, 0.4) is 0 Å². The molecule has 0 radical (unpaired) electrons. The van der Waals surface area contributed by atoms with Crippen molar-refractivity contribution in [3.8, 4) is 0 Å². The number of H-pyrrole nitrogens is 1. The maximum atomic E-state index is 12.3. The van der Waals surface area contributed by atoms with Crippen molar-refractivity contribution < 1.29 is 9.59 Å². The van der Waals surface area contributed by atoms with E-state index in [0.717, 1.165) is 19.4 Å². The van der Waals surface area contributed by atoms with Gasteiger partial charge in [-0.2, -0.15) is 0 Å². The van der Waals surface area contributed by atoms with Gasteiger partial charge in [-0.05, 0) is 19.4 Å². The van der Waals surface area contributed by atoms with Gasteiger partial charge >= 0.3 is 0 Å². The number of nitrogens with zero attached hydrogens (tertiary/aromatic N) is 3. The Hall–Kier alpha value is -1.51. The topological polar surface area (TPSA) is 107 Å². The average Bonchev–Trinajstić information content (AvgIpc) is 3.17. The third-order valence-corrected chi connectivity index (χ3v) is 4.06. The molecule has 2 saturated heterocycles. The molecule has 1 aromatic heterocycles. The van der Waals surface area contributed by atoms with Crippen LogP contribution in [0.4, 0.5) is 5.95 Å². The van der Waals surface area contributed by atoms with Crippen LogP contribution in [-0.4, -0.2) is 70.3 Å². The first-order valence-electron chi connectivity index (χ1n) is 7.27. The lowest BCUT2D eigenvalue weighted by Gasteiger charge is -2.35. The normalized spacial score (nSPS) is 20.6. The van der Waals surface area contributed by atoms with Crippen LogP contribution in [0.5, 0.6) is 0 Å². The molecule has 1 aromatic rings. The van der Waals surface area contributed by atoms with Gasteiger partial charge < -0.3 is 25.8 Å². The first-order chi connectivity index (χ1) is 10.1. The van der Waals surface area contributed by atoms with E-state index in [-0.39, 0.29) is 48.6 Å². The predicted molar refractivity (Wildman–Crippen MR) is 91.0 cm³/mol. The van der Waals surface area contributed by atoms with Crippen LogP contribution in [-0.2, 0) is 4.79 Å². The van der Waals surface area contributed by atoms with Crippen molar-refractivity contribution in [2.75, 3.05) is 38.5 Å². The summed E-state index contributed by atoms with van der Waals surface area (Å²) < 4.78 is 0. The van der Waals surface area contributed by atoms with Gasteiger partial charge in [0, 0.05) is 26.2 Å². The maximum Gasteiger partial charge on any atom is 0.272 e. The number of nitrogens with two attached hydrogens (primary N) is 1. The largest absolute Gasteiger partial charge is 0.369 e. The highest BCUT2D eigenvalue weighted by atomic mass is 35.5. The molecule has 4 N–H and O–H groups in total. The first-order valence-corrected chi connectivity index (χ1v) is 7.27. The minimum absolute atomic E-state index is 0. The smallest absolute Gasteiger partial charge is 0.272 e. The second-order valence-corrected chi connectivity index (χ2v) is 5.45. The maximum absolute atomic E-state index is 12.3. The van der Waals surface area contributed by atoms with E-state index in [1.54, 1.807) is 4.90 Å². The Morgan fingerprint density at radius 2 is 1.83 bits per heavy atom. The molecular formula is C13H22Cl2N6O2. The number of nitrogens with one attached hydrogen (secondary N) is 2. The molecule has 2 amide bonds. The van der Waals surface area contributed by atoms with Gasteiger partial charge in [0.2, 0.25) is 5.91 Å². The molecule has 3 rings (SSSR count). The molecule has 3 heterocycles. The molecule has 0 aliphatic carbocycles. The lowest BCUT2D eigenvalue weighted by atomic mass is 10.2. The number of imidazole rings is 1. The molecule has 2 aliphatic rings. The Balaban J connectivity index is 0.00000132. The summed E-state index contributed by atoms with van der Waals surface area (Å²) in [7, 11) is 0. The van der Waals surface area contributed by atoms with Gasteiger partial charge in [0.05, 0.1) is 12.2 Å². The fourth-order valence-corrected chi connectivity index (χ4v) is 2.86.